The van der Waals surface area contributed by atoms with Gasteiger partial charge in [0.2, 0.25) is 11.8 Å². The molecule has 2 heterocycles. The SMILES string of the molecule is COc1cc(Nc2cc(CO)[nH]n2)nc(NC2C[C@H]3CCC[C@@H](C2)C3)n1. The maximum atomic E-state index is 9.14. The molecule has 4 rings (SSSR count). The molecule has 1 unspecified atom stereocenters. The van der Waals surface area contributed by atoms with Crippen LogP contribution in [0.1, 0.15) is 44.2 Å². The van der Waals surface area contributed by atoms with E-state index in [1.165, 1.54) is 38.5 Å². The minimum Gasteiger partial charge on any atom is -0.481 e. The maximum absolute atomic E-state index is 9.14. The van der Waals surface area contributed by atoms with Crippen molar-refractivity contribution >= 4 is 17.6 Å². The van der Waals surface area contributed by atoms with Crippen molar-refractivity contribution in [3.05, 3.63) is 17.8 Å². The summed E-state index contributed by atoms with van der Waals surface area (Å²) in [4.78, 5) is 9.02. The second kappa shape index (κ2) is 7.49. The van der Waals surface area contributed by atoms with E-state index in [-0.39, 0.29) is 6.61 Å². The van der Waals surface area contributed by atoms with Crippen LogP contribution >= 0.6 is 0 Å². The number of nitrogens with zero attached hydrogens (tertiary/aromatic N) is 3. The Kier molecular flexibility index (Phi) is 4.92. The van der Waals surface area contributed by atoms with Crippen molar-refractivity contribution in [2.45, 2.75) is 51.2 Å². The molecule has 0 aliphatic heterocycles. The molecule has 0 radical (unpaired) electrons. The summed E-state index contributed by atoms with van der Waals surface area (Å²) >= 11 is 0. The molecule has 2 saturated carbocycles. The number of aromatic amines is 1. The average molecular weight is 358 g/mol. The molecule has 2 aliphatic carbocycles. The summed E-state index contributed by atoms with van der Waals surface area (Å²) in [6.07, 6.45) is 7.86. The number of aliphatic hydroxyl groups excluding tert-OH is 1. The third kappa shape index (κ3) is 3.90. The molecular formula is C18H26N6O2. The predicted octanol–water partition coefficient (Wildman–Crippen LogP) is 2.82. The highest BCUT2D eigenvalue weighted by molar-refractivity contribution is 5.55. The minimum atomic E-state index is -0.0847. The normalized spacial score (nSPS) is 24.9. The molecule has 8 heteroatoms. The Bertz CT molecular complexity index is 737. The molecule has 2 aliphatic rings. The molecule has 2 fully saturated rings. The molecule has 0 aromatic carbocycles. The first kappa shape index (κ1) is 17.1. The number of nitrogens with one attached hydrogen (secondary N) is 3. The summed E-state index contributed by atoms with van der Waals surface area (Å²) in [6, 6.07) is 3.89. The van der Waals surface area contributed by atoms with Gasteiger partial charge in [-0.2, -0.15) is 15.1 Å². The number of hydrogen-bond acceptors (Lipinski definition) is 7. The van der Waals surface area contributed by atoms with Crippen molar-refractivity contribution in [2.75, 3.05) is 17.7 Å². The van der Waals surface area contributed by atoms with E-state index in [0.29, 0.717) is 35.2 Å². The largest absolute Gasteiger partial charge is 0.481 e. The lowest BCUT2D eigenvalue weighted by Gasteiger charge is -2.39. The minimum absolute atomic E-state index is 0.0847. The fraction of sp³-hybridized carbons (Fsp3) is 0.611. The molecule has 2 aromatic rings. The van der Waals surface area contributed by atoms with Gasteiger partial charge in [-0.3, -0.25) is 5.10 Å². The smallest absolute Gasteiger partial charge is 0.228 e. The average Bonchev–Trinajstić information content (AvgIpc) is 3.08. The lowest BCUT2D eigenvalue weighted by molar-refractivity contribution is 0.178. The third-order valence-corrected chi connectivity index (χ3v) is 5.43. The van der Waals surface area contributed by atoms with Crippen LogP contribution < -0.4 is 15.4 Å². The number of anilines is 3. The molecular weight excluding hydrogens is 332 g/mol. The number of rotatable bonds is 6. The van der Waals surface area contributed by atoms with E-state index >= 15 is 0 Å². The van der Waals surface area contributed by atoms with E-state index in [4.69, 9.17) is 9.84 Å². The van der Waals surface area contributed by atoms with Gasteiger partial charge in [-0.05, 0) is 31.1 Å². The molecule has 2 aromatic heterocycles. The van der Waals surface area contributed by atoms with Gasteiger partial charge < -0.3 is 20.5 Å². The fourth-order valence-electron chi connectivity index (χ4n) is 4.33. The Labute approximate surface area is 152 Å². The van der Waals surface area contributed by atoms with Crippen molar-refractivity contribution in [1.82, 2.24) is 20.2 Å². The lowest BCUT2D eigenvalue weighted by atomic mass is 9.70. The monoisotopic (exact) mass is 358 g/mol. The van der Waals surface area contributed by atoms with Crippen molar-refractivity contribution in [1.29, 1.82) is 0 Å². The zero-order chi connectivity index (χ0) is 17.9. The van der Waals surface area contributed by atoms with Crippen molar-refractivity contribution < 1.29 is 9.84 Å². The number of H-pyrrole nitrogens is 1. The fourth-order valence-corrected chi connectivity index (χ4v) is 4.33. The Hall–Kier alpha value is -2.35. The van der Waals surface area contributed by atoms with Gasteiger partial charge in [0.15, 0.2) is 5.82 Å². The van der Waals surface area contributed by atoms with E-state index < -0.39 is 0 Å². The molecule has 3 atom stereocenters. The summed E-state index contributed by atoms with van der Waals surface area (Å²) in [5, 5.41) is 22.6. The molecule has 26 heavy (non-hydrogen) atoms. The van der Waals surface area contributed by atoms with Crippen LogP contribution in [-0.4, -0.2) is 38.4 Å². The van der Waals surface area contributed by atoms with Gasteiger partial charge in [-0.1, -0.05) is 19.3 Å². The summed E-state index contributed by atoms with van der Waals surface area (Å²) in [7, 11) is 1.60. The zero-order valence-electron chi connectivity index (χ0n) is 15.0. The Morgan fingerprint density at radius 3 is 2.65 bits per heavy atom. The van der Waals surface area contributed by atoms with Gasteiger partial charge in [0.25, 0.3) is 0 Å². The lowest BCUT2D eigenvalue weighted by Crippen LogP contribution is -2.35. The van der Waals surface area contributed by atoms with Gasteiger partial charge in [0, 0.05) is 18.2 Å². The van der Waals surface area contributed by atoms with E-state index in [1.807, 2.05) is 0 Å². The van der Waals surface area contributed by atoms with Crippen LogP contribution in [0.5, 0.6) is 5.88 Å². The first-order valence-electron chi connectivity index (χ1n) is 9.33. The van der Waals surface area contributed by atoms with Crippen LogP contribution in [0.3, 0.4) is 0 Å². The summed E-state index contributed by atoms with van der Waals surface area (Å²) < 4.78 is 5.32. The molecule has 0 spiro atoms. The van der Waals surface area contributed by atoms with Crippen LogP contribution in [0, 0.1) is 11.8 Å². The number of fused-ring (bicyclic) bond motifs is 2. The van der Waals surface area contributed by atoms with Gasteiger partial charge in [-0.15, -0.1) is 0 Å². The highest BCUT2D eigenvalue weighted by atomic mass is 16.5. The Morgan fingerprint density at radius 2 is 1.96 bits per heavy atom. The summed E-state index contributed by atoms with van der Waals surface area (Å²) in [5.41, 5.74) is 0.639. The van der Waals surface area contributed by atoms with E-state index in [2.05, 4.69) is 30.8 Å². The summed E-state index contributed by atoms with van der Waals surface area (Å²) in [5.74, 6) is 3.95. The predicted molar refractivity (Wildman–Crippen MR) is 98.5 cm³/mol. The third-order valence-electron chi connectivity index (χ3n) is 5.43. The first-order chi connectivity index (χ1) is 12.7. The van der Waals surface area contributed by atoms with Crippen LogP contribution in [0.4, 0.5) is 17.6 Å². The molecule has 2 bridgehead atoms. The van der Waals surface area contributed by atoms with Crippen LogP contribution in [-0.2, 0) is 6.61 Å². The standard InChI is InChI=1S/C18H26N6O2/c1-26-17-9-15(20-16-8-14(10-25)23-24-16)21-18(22-17)19-13-6-11-3-2-4-12(5-11)7-13/h8-9,11-13,25H,2-7,10H2,1H3,(H3,19,20,21,22,23,24)/t11-,12+,13?. The second-order valence-electron chi connectivity index (χ2n) is 7.39. The quantitative estimate of drug-likeness (QED) is 0.629. The Morgan fingerprint density at radius 1 is 1.15 bits per heavy atom. The van der Waals surface area contributed by atoms with Gasteiger partial charge in [0.05, 0.1) is 19.4 Å². The van der Waals surface area contributed by atoms with Crippen LogP contribution in [0.15, 0.2) is 12.1 Å². The number of methoxy groups -OCH3 is 1. The zero-order valence-corrected chi connectivity index (χ0v) is 15.0. The molecule has 0 saturated heterocycles. The van der Waals surface area contributed by atoms with Gasteiger partial charge in [-0.25, -0.2) is 0 Å². The molecule has 4 N–H and O–H groups in total. The molecule has 8 nitrogen and oxygen atoms in total. The van der Waals surface area contributed by atoms with Crippen molar-refractivity contribution in [3.8, 4) is 5.88 Å². The van der Waals surface area contributed by atoms with Crippen molar-refractivity contribution in [3.63, 3.8) is 0 Å². The summed E-state index contributed by atoms with van der Waals surface area (Å²) in [6.45, 7) is -0.0847. The van der Waals surface area contributed by atoms with Crippen LogP contribution in [0.2, 0.25) is 0 Å². The number of ether oxygens (including phenoxy) is 1. The molecule has 140 valence electrons. The number of aromatic nitrogens is 4. The van der Waals surface area contributed by atoms with Gasteiger partial charge in [0.1, 0.15) is 5.82 Å². The number of aliphatic hydroxyl groups is 1. The topological polar surface area (TPSA) is 108 Å². The molecule has 0 amide bonds. The van der Waals surface area contributed by atoms with E-state index in [1.54, 1.807) is 19.2 Å². The van der Waals surface area contributed by atoms with E-state index in [0.717, 1.165) is 11.8 Å². The maximum Gasteiger partial charge on any atom is 0.228 e. The number of hydrogen-bond donors (Lipinski definition) is 4. The second-order valence-corrected chi connectivity index (χ2v) is 7.39. The van der Waals surface area contributed by atoms with E-state index in [9.17, 15) is 0 Å². The Balaban J connectivity index is 1.48. The highest BCUT2D eigenvalue weighted by Gasteiger charge is 2.32. The first-order valence-corrected chi connectivity index (χ1v) is 9.33. The highest BCUT2D eigenvalue weighted by Crippen LogP contribution is 2.40. The van der Waals surface area contributed by atoms with Crippen LogP contribution in [0.25, 0.3) is 0 Å². The van der Waals surface area contributed by atoms with Gasteiger partial charge >= 0.3 is 0 Å². The van der Waals surface area contributed by atoms with Crippen molar-refractivity contribution in [2.24, 2.45) is 11.8 Å².